The van der Waals surface area contributed by atoms with Gasteiger partial charge in [-0.2, -0.15) is 0 Å². The lowest BCUT2D eigenvalue weighted by molar-refractivity contribution is -0.384. The number of aryl methyl sites for hydroxylation is 1. The van der Waals surface area contributed by atoms with Crippen LogP contribution in [0.15, 0.2) is 18.2 Å². The fraction of sp³-hybridized carbons (Fsp3) is 0.600. The van der Waals surface area contributed by atoms with Gasteiger partial charge in [-0.15, -0.1) is 0 Å². The van der Waals surface area contributed by atoms with Crippen LogP contribution in [0.2, 0.25) is 0 Å². The summed E-state index contributed by atoms with van der Waals surface area (Å²) in [5, 5.41) is 13.5. The van der Waals surface area contributed by atoms with E-state index in [0.29, 0.717) is 23.1 Å². The van der Waals surface area contributed by atoms with Crippen LogP contribution < -0.4 is 5.32 Å². The lowest BCUT2D eigenvalue weighted by Crippen LogP contribution is -2.48. The van der Waals surface area contributed by atoms with Crippen LogP contribution in [-0.2, 0) is 14.3 Å². The number of non-ortho nitro benzene ring substituents is 1. The van der Waals surface area contributed by atoms with Crippen molar-refractivity contribution in [1.29, 1.82) is 0 Å². The molecule has 4 fully saturated rings. The lowest BCUT2D eigenvalue weighted by atomic mass is 9.52. The quantitative estimate of drug-likeness (QED) is 0.485. The van der Waals surface area contributed by atoms with Gasteiger partial charge in [0, 0.05) is 12.1 Å². The maximum absolute atomic E-state index is 12.6. The normalized spacial score (nSPS) is 30.8. The first-order valence-electron chi connectivity index (χ1n) is 9.62. The van der Waals surface area contributed by atoms with Crippen molar-refractivity contribution in [3.05, 3.63) is 33.9 Å². The second kappa shape index (κ2) is 6.94. The molecule has 4 saturated carbocycles. The van der Waals surface area contributed by atoms with Gasteiger partial charge in [-0.3, -0.25) is 19.7 Å². The summed E-state index contributed by atoms with van der Waals surface area (Å²) in [6, 6.07) is 4.28. The van der Waals surface area contributed by atoms with Gasteiger partial charge in [0.25, 0.3) is 11.6 Å². The van der Waals surface area contributed by atoms with Crippen LogP contribution in [-0.4, -0.2) is 23.4 Å². The fourth-order valence-corrected chi connectivity index (χ4v) is 5.59. The molecule has 0 aromatic heterocycles. The highest BCUT2D eigenvalue weighted by molar-refractivity contribution is 5.94. The Morgan fingerprint density at radius 3 is 2.37 bits per heavy atom. The van der Waals surface area contributed by atoms with Crippen LogP contribution in [0.1, 0.15) is 37.7 Å². The average molecular weight is 372 g/mol. The Bertz CT molecular complexity index is 763. The zero-order chi connectivity index (χ0) is 19.1. The molecular weight excluding hydrogens is 348 g/mol. The molecular formula is C20H24N2O5. The van der Waals surface area contributed by atoms with Gasteiger partial charge in [0.1, 0.15) is 0 Å². The number of anilines is 1. The standard InChI is InChI=1S/C20H24N2O5/c1-11-2-3-16(22(25)26)9-17(11)21-18(23)10-27-20(24)19-14-5-12-4-13(7-14)8-15(19)6-12/h2-3,9,12-15,19H,4-8,10H2,1H3,(H,21,23). The van der Waals surface area contributed by atoms with Crippen LogP contribution in [0.25, 0.3) is 0 Å². The molecule has 0 aliphatic heterocycles. The molecule has 7 heteroatoms. The van der Waals surface area contributed by atoms with Crippen molar-refractivity contribution in [3.63, 3.8) is 0 Å². The molecule has 1 aromatic rings. The summed E-state index contributed by atoms with van der Waals surface area (Å²) in [6.07, 6.45) is 5.79. The van der Waals surface area contributed by atoms with Crippen molar-refractivity contribution in [2.24, 2.45) is 29.6 Å². The number of esters is 1. The van der Waals surface area contributed by atoms with Gasteiger partial charge in [-0.05, 0) is 68.3 Å². The Kier molecular flexibility index (Phi) is 4.61. The van der Waals surface area contributed by atoms with Crippen LogP contribution in [0.5, 0.6) is 0 Å². The molecule has 0 unspecified atom stereocenters. The molecule has 4 aliphatic carbocycles. The molecule has 0 heterocycles. The highest BCUT2D eigenvalue weighted by atomic mass is 16.6. The van der Waals surface area contributed by atoms with E-state index in [-0.39, 0.29) is 24.2 Å². The van der Waals surface area contributed by atoms with Gasteiger partial charge in [0.05, 0.1) is 16.5 Å². The van der Waals surface area contributed by atoms with Crippen molar-refractivity contribution < 1.29 is 19.2 Å². The van der Waals surface area contributed by atoms with Gasteiger partial charge in [0.2, 0.25) is 0 Å². The van der Waals surface area contributed by atoms with Crippen molar-refractivity contribution in [1.82, 2.24) is 0 Å². The maximum Gasteiger partial charge on any atom is 0.310 e. The number of carbonyl (C=O) groups excluding carboxylic acids is 2. The third kappa shape index (κ3) is 3.55. The minimum absolute atomic E-state index is 0.0647. The van der Waals surface area contributed by atoms with E-state index >= 15 is 0 Å². The van der Waals surface area contributed by atoms with Gasteiger partial charge < -0.3 is 10.1 Å². The maximum atomic E-state index is 12.6. The second-order valence-corrected chi connectivity index (χ2v) is 8.37. The Hall–Kier alpha value is -2.44. The fourth-order valence-electron chi connectivity index (χ4n) is 5.59. The molecule has 5 rings (SSSR count). The first-order chi connectivity index (χ1) is 12.9. The third-order valence-corrected chi connectivity index (χ3v) is 6.55. The van der Waals surface area contributed by atoms with E-state index in [9.17, 15) is 19.7 Å². The molecule has 1 amide bonds. The number of benzene rings is 1. The smallest absolute Gasteiger partial charge is 0.310 e. The van der Waals surface area contributed by atoms with E-state index in [1.165, 1.54) is 18.6 Å². The van der Waals surface area contributed by atoms with Crippen LogP contribution in [0.3, 0.4) is 0 Å². The molecule has 144 valence electrons. The summed E-state index contributed by atoms with van der Waals surface area (Å²) < 4.78 is 5.33. The summed E-state index contributed by atoms with van der Waals surface area (Å²) in [4.78, 5) is 35.2. The molecule has 0 radical (unpaired) electrons. The van der Waals surface area contributed by atoms with E-state index in [1.807, 2.05) is 0 Å². The Balaban J connectivity index is 1.34. The molecule has 27 heavy (non-hydrogen) atoms. The summed E-state index contributed by atoms with van der Waals surface area (Å²) in [5.41, 5.74) is 0.975. The second-order valence-electron chi connectivity index (χ2n) is 8.37. The number of rotatable bonds is 5. The number of nitro groups is 1. The summed E-state index contributed by atoms with van der Waals surface area (Å²) >= 11 is 0. The SMILES string of the molecule is Cc1ccc([N+](=O)[O-])cc1NC(=O)COC(=O)C1C2CC3CC(C2)CC1C3. The summed E-state index contributed by atoms with van der Waals surface area (Å²) in [6.45, 7) is 1.39. The molecule has 0 atom stereocenters. The minimum Gasteiger partial charge on any atom is -0.455 e. The molecule has 0 saturated heterocycles. The van der Waals surface area contributed by atoms with Crippen LogP contribution in [0, 0.1) is 46.6 Å². The number of amides is 1. The Morgan fingerprint density at radius 2 is 1.78 bits per heavy atom. The van der Waals surface area contributed by atoms with E-state index in [4.69, 9.17) is 4.74 Å². The van der Waals surface area contributed by atoms with E-state index < -0.39 is 10.8 Å². The first kappa shape index (κ1) is 17.9. The number of ether oxygens (including phenoxy) is 1. The number of nitrogens with zero attached hydrogens (tertiary/aromatic N) is 1. The molecule has 0 spiro atoms. The average Bonchev–Trinajstić information content (AvgIpc) is 2.60. The summed E-state index contributed by atoms with van der Waals surface area (Å²) in [7, 11) is 0. The van der Waals surface area contributed by atoms with Crippen molar-refractivity contribution >= 4 is 23.3 Å². The van der Waals surface area contributed by atoms with Crippen molar-refractivity contribution in [3.8, 4) is 0 Å². The van der Waals surface area contributed by atoms with Crippen LogP contribution in [0.4, 0.5) is 11.4 Å². The predicted octanol–water partition coefficient (Wildman–Crippen LogP) is 3.46. The zero-order valence-electron chi connectivity index (χ0n) is 15.3. The van der Waals surface area contributed by atoms with E-state index in [0.717, 1.165) is 37.5 Å². The lowest BCUT2D eigenvalue weighted by Gasteiger charge is -2.53. The number of nitro benzene ring substituents is 1. The highest BCUT2D eigenvalue weighted by Crippen LogP contribution is 2.56. The molecule has 7 nitrogen and oxygen atoms in total. The number of hydrogen-bond donors (Lipinski definition) is 1. The highest BCUT2D eigenvalue weighted by Gasteiger charge is 2.51. The van der Waals surface area contributed by atoms with Gasteiger partial charge >= 0.3 is 5.97 Å². The van der Waals surface area contributed by atoms with Gasteiger partial charge in [0.15, 0.2) is 6.61 Å². The minimum atomic E-state index is -0.512. The van der Waals surface area contributed by atoms with E-state index in [2.05, 4.69) is 5.32 Å². The number of hydrogen-bond acceptors (Lipinski definition) is 5. The molecule has 1 aromatic carbocycles. The Labute approximate surface area is 157 Å². The number of nitrogens with one attached hydrogen (secondary N) is 1. The van der Waals surface area contributed by atoms with Crippen LogP contribution >= 0.6 is 0 Å². The largest absolute Gasteiger partial charge is 0.455 e. The summed E-state index contributed by atoms with van der Waals surface area (Å²) in [5.74, 6) is 1.58. The zero-order valence-corrected chi connectivity index (χ0v) is 15.3. The first-order valence-corrected chi connectivity index (χ1v) is 9.62. The third-order valence-electron chi connectivity index (χ3n) is 6.55. The van der Waals surface area contributed by atoms with Gasteiger partial charge in [-0.1, -0.05) is 6.07 Å². The van der Waals surface area contributed by atoms with Gasteiger partial charge in [-0.25, -0.2) is 0 Å². The predicted molar refractivity (Wildman–Crippen MR) is 98.0 cm³/mol. The monoisotopic (exact) mass is 372 g/mol. The van der Waals surface area contributed by atoms with Crippen molar-refractivity contribution in [2.45, 2.75) is 39.0 Å². The topological polar surface area (TPSA) is 98.5 Å². The van der Waals surface area contributed by atoms with E-state index in [1.54, 1.807) is 13.0 Å². The molecule has 4 aliphatic rings. The number of carbonyl (C=O) groups is 2. The molecule has 4 bridgehead atoms. The van der Waals surface area contributed by atoms with Crippen molar-refractivity contribution in [2.75, 3.05) is 11.9 Å². The Morgan fingerprint density at radius 1 is 1.15 bits per heavy atom. The molecule has 1 N–H and O–H groups in total.